The van der Waals surface area contributed by atoms with Gasteiger partial charge in [-0.25, -0.2) is 10.0 Å². The van der Waals surface area contributed by atoms with E-state index >= 15 is 0 Å². The van der Waals surface area contributed by atoms with Crippen molar-refractivity contribution in [2.24, 2.45) is 0 Å². The summed E-state index contributed by atoms with van der Waals surface area (Å²) in [7, 11) is -2.17. The number of para-hydroxylation sites is 3. The zero-order chi connectivity index (χ0) is 33.2. The molecule has 0 unspecified atom stereocenters. The van der Waals surface area contributed by atoms with E-state index in [4.69, 9.17) is 9.92 Å². The number of benzene rings is 5. The van der Waals surface area contributed by atoms with E-state index in [1.54, 1.807) is 0 Å². The Bertz CT molecular complexity index is 2330. The number of fused-ring (bicyclic) bond motifs is 4. The second-order valence-corrected chi connectivity index (χ2v) is 18.7. The first-order chi connectivity index (χ1) is 23.1. The van der Waals surface area contributed by atoms with Gasteiger partial charge in [-0.2, -0.15) is 5.06 Å². The lowest BCUT2D eigenvalue weighted by Gasteiger charge is -2.32. The van der Waals surface area contributed by atoms with Crippen LogP contribution in [-0.4, -0.2) is 23.2 Å². The van der Waals surface area contributed by atoms with Gasteiger partial charge in [0.1, 0.15) is 13.9 Å². The molecular formula is C42H40N4OSi. The van der Waals surface area contributed by atoms with Gasteiger partial charge in [0.2, 0.25) is 0 Å². The third-order valence-electron chi connectivity index (χ3n) is 9.72. The van der Waals surface area contributed by atoms with Crippen LogP contribution in [0.5, 0.6) is 0 Å². The summed E-state index contributed by atoms with van der Waals surface area (Å²) in [5, 5.41) is 9.16. The third-order valence-corrected chi connectivity index (χ3v) is 13.2. The molecule has 5 aromatic carbocycles. The molecule has 1 aliphatic rings. The lowest BCUT2D eigenvalue weighted by atomic mass is 10.0. The van der Waals surface area contributed by atoms with Gasteiger partial charge in [0.25, 0.3) is 0 Å². The fourth-order valence-electron chi connectivity index (χ4n) is 7.05. The first kappa shape index (κ1) is 30.2. The van der Waals surface area contributed by atoms with Crippen molar-refractivity contribution >= 4 is 57.3 Å². The molecule has 1 aliphatic heterocycles. The van der Waals surface area contributed by atoms with Crippen LogP contribution in [0.2, 0.25) is 13.1 Å². The molecule has 8 rings (SSSR count). The Morgan fingerprint density at radius 3 is 2.17 bits per heavy atom. The summed E-state index contributed by atoms with van der Waals surface area (Å²) >= 11 is 0. The summed E-state index contributed by atoms with van der Waals surface area (Å²) in [5.41, 5.74) is 8.95. The SMILES string of the molecule is Cc1ccccc1-c1ccnc(-n2c3ccccc3c3ccc([Si](C)(C)c4cccc(N5ON(C(C)(C)C)c6ccccc65)c4)cc32)c1. The number of aryl methyl sites for hydroxylation is 1. The van der Waals surface area contributed by atoms with E-state index in [0.717, 1.165) is 28.4 Å². The van der Waals surface area contributed by atoms with Crippen LogP contribution < -0.4 is 20.5 Å². The average Bonchev–Trinajstić information content (AvgIpc) is 3.65. The lowest BCUT2D eigenvalue weighted by Crippen LogP contribution is -2.53. The molecule has 7 aromatic rings. The van der Waals surface area contributed by atoms with Gasteiger partial charge in [0.15, 0.2) is 0 Å². The molecule has 0 spiro atoms. The average molecular weight is 645 g/mol. The molecule has 0 atom stereocenters. The van der Waals surface area contributed by atoms with Crippen molar-refractivity contribution in [1.82, 2.24) is 9.55 Å². The summed E-state index contributed by atoms with van der Waals surface area (Å²) in [6.45, 7) is 13.6. The Kier molecular flexibility index (Phi) is 7.05. The van der Waals surface area contributed by atoms with E-state index in [1.165, 1.54) is 43.4 Å². The number of rotatable bonds is 5. The number of pyridine rings is 1. The number of aromatic nitrogens is 2. The van der Waals surface area contributed by atoms with Crippen molar-refractivity contribution in [3.05, 3.63) is 139 Å². The number of hydrogen-bond acceptors (Lipinski definition) is 4. The fraction of sp³-hybridized carbons (Fsp3) is 0.167. The van der Waals surface area contributed by atoms with Crippen LogP contribution in [0.4, 0.5) is 17.1 Å². The Balaban J connectivity index is 1.24. The van der Waals surface area contributed by atoms with Crippen molar-refractivity contribution in [2.75, 3.05) is 10.1 Å². The van der Waals surface area contributed by atoms with Crippen molar-refractivity contribution in [3.8, 4) is 16.9 Å². The second kappa shape index (κ2) is 11.2. The van der Waals surface area contributed by atoms with Crippen LogP contribution in [0, 0.1) is 6.92 Å². The highest BCUT2D eigenvalue weighted by Crippen LogP contribution is 2.44. The van der Waals surface area contributed by atoms with Crippen LogP contribution in [0.3, 0.4) is 0 Å². The highest BCUT2D eigenvalue weighted by atomic mass is 28.3. The Hall–Kier alpha value is -5.17. The molecule has 238 valence electrons. The standard InChI is InChI=1S/C42H40N4OSi/c1-29-14-7-8-17-34(29)30-24-25-43-41(26-30)44-37-19-10-9-18-35(37)36-23-22-33(28-40(36)44)48(5,6)32-16-13-15-31(27-32)45-38-20-11-12-21-39(38)46(47-45)42(2,3)4/h7-28H,1-6H3. The Labute approximate surface area is 283 Å². The quantitative estimate of drug-likeness (QED) is 0.175. The molecule has 3 heterocycles. The molecule has 0 radical (unpaired) electrons. The van der Waals surface area contributed by atoms with Crippen molar-refractivity contribution < 1.29 is 4.94 Å². The minimum absolute atomic E-state index is 0.196. The zero-order valence-corrected chi connectivity index (χ0v) is 29.4. The predicted octanol–water partition coefficient (Wildman–Crippen LogP) is 9.58. The van der Waals surface area contributed by atoms with Gasteiger partial charge >= 0.3 is 0 Å². The van der Waals surface area contributed by atoms with E-state index in [1.807, 2.05) is 16.3 Å². The topological polar surface area (TPSA) is 33.5 Å². The molecule has 0 amide bonds. The molecule has 2 aromatic heterocycles. The molecule has 0 N–H and O–H groups in total. The number of anilines is 3. The molecule has 0 saturated carbocycles. The van der Waals surface area contributed by atoms with Crippen LogP contribution >= 0.6 is 0 Å². The highest BCUT2D eigenvalue weighted by Gasteiger charge is 2.36. The second-order valence-electron chi connectivity index (χ2n) is 14.3. The minimum atomic E-state index is -2.17. The maximum absolute atomic E-state index is 6.53. The lowest BCUT2D eigenvalue weighted by molar-refractivity contribution is 0.0843. The zero-order valence-electron chi connectivity index (χ0n) is 28.4. The largest absolute Gasteiger partial charge is 0.294 e. The summed E-state index contributed by atoms with van der Waals surface area (Å²) in [5.74, 6) is 0.925. The highest BCUT2D eigenvalue weighted by molar-refractivity contribution is 7.00. The monoisotopic (exact) mass is 644 g/mol. The summed E-state index contributed by atoms with van der Waals surface area (Å²) in [6, 6.07) is 45.9. The molecular weight excluding hydrogens is 605 g/mol. The van der Waals surface area contributed by atoms with E-state index in [-0.39, 0.29) is 5.54 Å². The first-order valence-electron chi connectivity index (χ1n) is 16.7. The van der Waals surface area contributed by atoms with Crippen LogP contribution in [0.15, 0.2) is 134 Å². The molecule has 0 bridgehead atoms. The Morgan fingerprint density at radius 2 is 1.35 bits per heavy atom. The van der Waals surface area contributed by atoms with Gasteiger partial charge in [-0.05, 0) is 92.9 Å². The van der Waals surface area contributed by atoms with Gasteiger partial charge in [0.05, 0.1) is 33.6 Å². The van der Waals surface area contributed by atoms with E-state index in [9.17, 15) is 0 Å². The van der Waals surface area contributed by atoms with Gasteiger partial charge in [-0.3, -0.25) is 4.57 Å². The van der Waals surface area contributed by atoms with Crippen LogP contribution in [0.1, 0.15) is 26.3 Å². The van der Waals surface area contributed by atoms with E-state index in [0.29, 0.717) is 0 Å². The van der Waals surface area contributed by atoms with Crippen LogP contribution in [0.25, 0.3) is 38.8 Å². The normalized spacial score (nSPS) is 13.5. The van der Waals surface area contributed by atoms with Gasteiger partial charge < -0.3 is 0 Å². The maximum Gasteiger partial charge on any atom is 0.138 e. The summed E-state index contributed by atoms with van der Waals surface area (Å²) in [6.07, 6.45) is 1.94. The first-order valence-corrected chi connectivity index (χ1v) is 19.7. The molecule has 6 heteroatoms. The van der Waals surface area contributed by atoms with Crippen molar-refractivity contribution in [2.45, 2.75) is 46.3 Å². The third kappa shape index (κ3) is 4.91. The number of hydrogen-bond donors (Lipinski definition) is 0. The summed E-state index contributed by atoms with van der Waals surface area (Å²) < 4.78 is 2.34. The molecule has 0 fully saturated rings. The number of nitrogens with zero attached hydrogens (tertiary/aromatic N) is 4. The predicted molar refractivity (Wildman–Crippen MR) is 204 cm³/mol. The molecule has 0 saturated heterocycles. The van der Waals surface area contributed by atoms with Crippen molar-refractivity contribution in [1.29, 1.82) is 0 Å². The maximum atomic E-state index is 6.53. The number of hydroxylamine groups is 1. The summed E-state index contributed by atoms with van der Waals surface area (Å²) in [4.78, 5) is 11.5. The van der Waals surface area contributed by atoms with Crippen LogP contribution in [-0.2, 0) is 4.94 Å². The minimum Gasteiger partial charge on any atom is -0.294 e. The van der Waals surface area contributed by atoms with E-state index in [2.05, 4.69) is 173 Å². The fourth-order valence-corrected chi connectivity index (χ4v) is 9.40. The van der Waals surface area contributed by atoms with Gasteiger partial charge in [-0.1, -0.05) is 102 Å². The smallest absolute Gasteiger partial charge is 0.138 e. The van der Waals surface area contributed by atoms with Crippen molar-refractivity contribution in [3.63, 3.8) is 0 Å². The van der Waals surface area contributed by atoms with E-state index < -0.39 is 8.07 Å². The Morgan fingerprint density at radius 1 is 0.646 bits per heavy atom. The van der Waals surface area contributed by atoms with Gasteiger partial charge in [-0.15, -0.1) is 4.94 Å². The molecule has 0 aliphatic carbocycles. The molecule has 5 nitrogen and oxygen atoms in total. The van der Waals surface area contributed by atoms with Gasteiger partial charge in [0, 0.05) is 17.0 Å². The molecule has 48 heavy (non-hydrogen) atoms.